The van der Waals surface area contributed by atoms with Crippen LogP contribution in [0.2, 0.25) is 4.34 Å². The van der Waals surface area contributed by atoms with Crippen molar-refractivity contribution in [2.75, 3.05) is 5.32 Å². The number of halogens is 1. The number of fused-ring (bicyclic) bond motifs is 1. The largest absolute Gasteiger partial charge is 0.326 e. The van der Waals surface area contributed by atoms with Crippen molar-refractivity contribution in [3.05, 3.63) is 86.1 Å². The molecule has 29 heavy (non-hydrogen) atoms. The molecule has 3 aromatic rings. The Kier molecular flexibility index (Phi) is 5.19. The number of benzene rings is 2. The van der Waals surface area contributed by atoms with Gasteiger partial charge in [-0.15, -0.1) is 11.3 Å². The normalized spacial score (nSPS) is 13.0. The summed E-state index contributed by atoms with van der Waals surface area (Å²) in [6.45, 7) is 0.566. The van der Waals surface area contributed by atoms with Gasteiger partial charge in [-0.1, -0.05) is 41.9 Å². The Balaban J connectivity index is 1.60. The highest BCUT2D eigenvalue weighted by Gasteiger charge is 2.37. The quantitative estimate of drug-likeness (QED) is 0.606. The Bertz CT molecular complexity index is 1120. The van der Waals surface area contributed by atoms with Crippen LogP contribution in [0.15, 0.2) is 54.6 Å². The molecule has 0 bridgehead atoms. The number of nitrogens with one attached hydrogen (secondary N) is 1. The van der Waals surface area contributed by atoms with Crippen molar-refractivity contribution in [1.82, 2.24) is 4.90 Å². The summed E-state index contributed by atoms with van der Waals surface area (Å²) in [7, 11) is 0. The van der Waals surface area contributed by atoms with Gasteiger partial charge in [0, 0.05) is 6.54 Å². The van der Waals surface area contributed by atoms with E-state index in [0.717, 1.165) is 22.5 Å². The lowest BCUT2D eigenvalue weighted by atomic mass is 10.1. The Morgan fingerprint density at radius 2 is 1.72 bits per heavy atom. The first-order valence-electron chi connectivity index (χ1n) is 8.81. The van der Waals surface area contributed by atoms with Crippen molar-refractivity contribution in [2.45, 2.75) is 13.1 Å². The number of hydrogen-bond donors (Lipinski definition) is 2. The van der Waals surface area contributed by atoms with Crippen LogP contribution in [0.25, 0.3) is 0 Å². The highest BCUT2D eigenvalue weighted by Crippen LogP contribution is 2.31. The zero-order chi connectivity index (χ0) is 20.5. The minimum Gasteiger partial charge on any atom is -0.326 e. The Hall–Kier alpha value is -3.00. The highest BCUT2D eigenvalue weighted by molar-refractivity contribution is 7.18. The molecule has 0 unspecified atom stereocenters. The van der Waals surface area contributed by atoms with E-state index in [2.05, 4.69) is 5.32 Å². The Morgan fingerprint density at radius 1 is 1.00 bits per heavy atom. The molecule has 0 saturated carbocycles. The van der Waals surface area contributed by atoms with E-state index in [0.29, 0.717) is 21.4 Å². The average molecular weight is 426 g/mol. The van der Waals surface area contributed by atoms with Crippen molar-refractivity contribution in [3.8, 4) is 0 Å². The third kappa shape index (κ3) is 3.67. The van der Waals surface area contributed by atoms with Crippen molar-refractivity contribution in [1.29, 1.82) is 0 Å². The Morgan fingerprint density at radius 3 is 2.38 bits per heavy atom. The van der Waals surface area contributed by atoms with E-state index in [1.165, 1.54) is 4.90 Å². The van der Waals surface area contributed by atoms with Crippen molar-refractivity contribution < 1.29 is 14.4 Å². The molecule has 3 N–H and O–H groups in total. The molecule has 2 heterocycles. The topological polar surface area (TPSA) is 92.5 Å². The van der Waals surface area contributed by atoms with E-state index in [9.17, 15) is 14.4 Å². The average Bonchev–Trinajstić information content (AvgIpc) is 3.26. The number of anilines is 1. The van der Waals surface area contributed by atoms with E-state index in [1.54, 1.807) is 30.3 Å². The van der Waals surface area contributed by atoms with Gasteiger partial charge in [-0.05, 0) is 35.4 Å². The van der Waals surface area contributed by atoms with Gasteiger partial charge in [-0.25, -0.2) is 0 Å². The maximum atomic E-state index is 13.0. The first kappa shape index (κ1) is 19.3. The monoisotopic (exact) mass is 425 g/mol. The fourth-order valence-electron chi connectivity index (χ4n) is 3.16. The minimum absolute atomic E-state index is 0.144. The third-order valence-corrected chi connectivity index (χ3v) is 5.87. The highest BCUT2D eigenvalue weighted by atomic mass is 35.5. The van der Waals surface area contributed by atoms with Crippen molar-refractivity contribution in [3.63, 3.8) is 0 Å². The van der Waals surface area contributed by atoms with Crippen LogP contribution in [0.1, 0.15) is 41.5 Å². The van der Waals surface area contributed by atoms with Crippen LogP contribution >= 0.6 is 22.9 Å². The smallest absolute Gasteiger partial charge is 0.265 e. The first-order valence-corrected chi connectivity index (χ1v) is 10.0. The summed E-state index contributed by atoms with van der Waals surface area (Å²) in [5.41, 5.74) is 8.16. The summed E-state index contributed by atoms with van der Waals surface area (Å²) in [5.74, 6) is -1.21. The maximum absolute atomic E-state index is 13.0. The molecule has 8 heteroatoms. The molecule has 0 atom stereocenters. The van der Waals surface area contributed by atoms with E-state index in [4.69, 9.17) is 17.3 Å². The number of hydrogen-bond acceptors (Lipinski definition) is 5. The molecule has 2 aromatic carbocycles. The molecular formula is C21H16ClN3O3S. The van der Waals surface area contributed by atoms with Gasteiger partial charge in [0.05, 0.1) is 32.6 Å². The van der Waals surface area contributed by atoms with Gasteiger partial charge in [0.15, 0.2) is 0 Å². The number of thiophene rings is 1. The van der Waals surface area contributed by atoms with E-state index in [1.807, 2.05) is 24.3 Å². The van der Waals surface area contributed by atoms with Gasteiger partial charge in [0.2, 0.25) is 0 Å². The van der Waals surface area contributed by atoms with E-state index < -0.39 is 5.91 Å². The van der Waals surface area contributed by atoms with Gasteiger partial charge < -0.3 is 11.1 Å². The number of nitrogens with two attached hydrogens (primary N) is 1. The van der Waals surface area contributed by atoms with Crippen LogP contribution in [0.3, 0.4) is 0 Å². The lowest BCUT2D eigenvalue weighted by Gasteiger charge is -2.14. The molecule has 146 valence electrons. The maximum Gasteiger partial charge on any atom is 0.265 e. The van der Waals surface area contributed by atoms with Crippen LogP contribution in [-0.2, 0) is 13.1 Å². The predicted octanol–water partition coefficient (Wildman–Crippen LogP) is 3.91. The van der Waals surface area contributed by atoms with E-state index in [-0.39, 0.29) is 29.5 Å². The molecule has 0 aliphatic carbocycles. The third-order valence-electron chi connectivity index (χ3n) is 4.64. The van der Waals surface area contributed by atoms with Crippen molar-refractivity contribution >= 4 is 46.3 Å². The van der Waals surface area contributed by atoms with Gasteiger partial charge in [-0.3, -0.25) is 19.3 Å². The fourth-order valence-corrected chi connectivity index (χ4v) is 4.10. The van der Waals surface area contributed by atoms with Crippen LogP contribution < -0.4 is 11.1 Å². The number of carbonyl (C=O) groups is 3. The molecule has 0 saturated heterocycles. The van der Waals surface area contributed by atoms with Gasteiger partial charge >= 0.3 is 0 Å². The fraction of sp³-hybridized carbons (Fsp3) is 0.0952. The number of rotatable bonds is 5. The van der Waals surface area contributed by atoms with Crippen LogP contribution in [0, 0.1) is 0 Å². The second-order valence-electron chi connectivity index (χ2n) is 6.50. The predicted molar refractivity (Wildman–Crippen MR) is 112 cm³/mol. The first-order chi connectivity index (χ1) is 14.0. The molecular weight excluding hydrogens is 410 g/mol. The minimum atomic E-state index is -0.437. The molecule has 0 radical (unpaired) electrons. The number of imide groups is 1. The summed E-state index contributed by atoms with van der Waals surface area (Å²) < 4.78 is 0.492. The Labute approximate surface area is 175 Å². The van der Waals surface area contributed by atoms with Gasteiger partial charge in [0.25, 0.3) is 17.7 Å². The second kappa shape index (κ2) is 7.79. The molecule has 1 aliphatic heterocycles. The van der Waals surface area contributed by atoms with Crippen molar-refractivity contribution in [2.24, 2.45) is 5.73 Å². The lowest BCUT2D eigenvalue weighted by molar-refractivity contribution is 0.0642. The van der Waals surface area contributed by atoms with E-state index >= 15 is 0 Å². The summed E-state index contributed by atoms with van der Waals surface area (Å²) in [6.07, 6.45) is 0. The van der Waals surface area contributed by atoms with Crippen LogP contribution in [0.4, 0.5) is 5.69 Å². The molecule has 4 rings (SSSR count). The SMILES string of the molecule is NCc1ccc(CN2C(=O)c3cccc(NC(=O)c4ccc(Cl)s4)c3C2=O)cc1. The standard InChI is InChI=1S/C21H16ClN3O3S/c22-17-9-8-16(29-17)19(26)24-15-3-1-2-14-18(15)21(28)25(20(14)27)11-13-6-4-12(10-23)5-7-13/h1-9H,10-11,23H2,(H,24,26). The summed E-state index contributed by atoms with van der Waals surface area (Å²) >= 11 is 7.02. The molecule has 3 amide bonds. The van der Waals surface area contributed by atoms with Gasteiger partial charge in [0.1, 0.15) is 0 Å². The summed E-state index contributed by atoms with van der Waals surface area (Å²) in [5, 5.41) is 2.72. The van der Waals surface area contributed by atoms with Crippen LogP contribution in [0.5, 0.6) is 0 Å². The number of amides is 3. The molecule has 6 nitrogen and oxygen atoms in total. The second-order valence-corrected chi connectivity index (χ2v) is 8.22. The summed E-state index contributed by atoms with van der Waals surface area (Å²) in [4.78, 5) is 39.9. The number of carbonyl (C=O) groups excluding carboxylic acids is 3. The lowest BCUT2D eigenvalue weighted by Crippen LogP contribution is -2.29. The number of nitrogens with zero attached hydrogens (tertiary/aromatic N) is 1. The molecule has 0 fully saturated rings. The molecule has 1 aromatic heterocycles. The van der Waals surface area contributed by atoms with Gasteiger partial charge in [-0.2, -0.15) is 0 Å². The molecule has 0 spiro atoms. The van der Waals surface area contributed by atoms with Crippen LogP contribution in [-0.4, -0.2) is 22.6 Å². The molecule has 1 aliphatic rings. The zero-order valence-electron chi connectivity index (χ0n) is 15.1. The summed E-state index contributed by atoms with van der Waals surface area (Å²) in [6, 6.07) is 15.5. The zero-order valence-corrected chi connectivity index (χ0v) is 16.7.